The predicted octanol–water partition coefficient (Wildman–Crippen LogP) is 1.67. The quantitative estimate of drug-likeness (QED) is 0.532. The molecule has 0 unspecified atom stereocenters. The van der Waals surface area contributed by atoms with Gasteiger partial charge in [-0.1, -0.05) is 18.7 Å². The zero-order valence-electron chi connectivity index (χ0n) is 8.56. The molecule has 0 aliphatic carbocycles. The molecule has 1 aromatic heterocycles. The van der Waals surface area contributed by atoms with Crippen molar-refractivity contribution >= 4 is 17.5 Å². The van der Waals surface area contributed by atoms with Crippen molar-refractivity contribution in [2.75, 3.05) is 5.75 Å². The van der Waals surface area contributed by atoms with Gasteiger partial charge in [0.2, 0.25) is 0 Å². The highest BCUT2D eigenvalue weighted by Gasteiger charge is 2.02. The van der Waals surface area contributed by atoms with E-state index in [9.17, 15) is 4.79 Å². The topological polar surface area (TPSA) is 47.8 Å². The average molecular weight is 213 g/mol. The van der Waals surface area contributed by atoms with Gasteiger partial charge in [-0.15, -0.1) is 0 Å². The fraction of sp³-hybridized carbons (Fsp3) is 0.667. The summed E-state index contributed by atoms with van der Waals surface area (Å²) < 4.78 is 1.74. The number of hydrogen-bond acceptors (Lipinski definition) is 4. The first-order valence-electron chi connectivity index (χ1n) is 4.72. The van der Waals surface area contributed by atoms with Gasteiger partial charge < -0.3 is 0 Å². The summed E-state index contributed by atoms with van der Waals surface area (Å²) in [6, 6.07) is 0. The van der Waals surface area contributed by atoms with Crippen LogP contribution in [0.15, 0.2) is 11.5 Å². The van der Waals surface area contributed by atoms with Crippen LogP contribution in [0.5, 0.6) is 0 Å². The summed E-state index contributed by atoms with van der Waals surface area (Å²) in [6.45, 7) is 1.90. The van der Waals surface area contributed by atoms with E-state index in [4.69, 9.17) is 0 Å². The second-order valence-corrected chi connectivity index (χ2v) is 4.07. The Morgan fingerprint density at radius 2 is 2.43 bits per heavy atom. The Kier molecular flexibility index (Phi) is 4.65. The van der Waals surface area contributed by atoms with Gasteiger partial charge in [-0.25, -0.2) is 9.67 Å². The van der Waals surface area contributed by atoms with Crippen LogP contribution in [-0.2, 0) is 11.8 Å². The van der Waals surface area contributed by atoms with Crippen molar-refractivity contribution in [3.8, 4) is 0 Å². The molecule has 0 aromatic carbocycles. The standard InChI is InChI=1S/C9H15N3OS/c1-3-8(13)5-4-6-14-9-10-7-11-12(9)2/h7H,3-6H2,1-2H3. The van der Waals surface area contributed by atoms with Gasteiger partial charge in [0.05, 0.1) is 0 Å². The van der Waals surface area contributed by atoms with E-state index >= 15 is 0 Å². The molecule has 0 fully saturated rings. The number of thioether (sulfide) groups is 1. The van der Waals surface area contributed by atoms with E-state index in [-0.39, 0.29) is 0 Å². The van der Waals surface area contributed by atoms with Crippen molar-refractivity contribution in [2.24, 2.45) is 7.05 Å². The van der Waals surface area contributed by atoms with Gasteiger partial charge in [-0.3, -0.25) is 4.79 Å². The first-order valence-corrected chi connectivity index (χ1v) is 5.71. The van der Waals surface area contributed by atoms with Gasteiger partial charge in [0, 0.05) is 25.6 Å². The largest absolute Gasteiger partial charge is 0.300 e. The Hall–Kier alpha value is -0.840. The highest BCUT2D eigenvalue weighted by Crippen LogP contribution is 2.15. The molecule has 0 N–H and O–H groups in total. The molecule has 0 amide bonds. The molecule has 0 saturated carbocycles. The Morgan fingerprint density at radius 3 is 3.00 bits per heavy atom. The summed E-state index contributed by atoms with van der Waals surface area (Å²) in [5.41, 5.74) is 0. The lowest BCUT2D eigenvalue weighted by atomic mass is 10.2. The number of hydrogen-bond donors (Lipinski definition) is 0. The zero-order chi connectivity index (χ0) is 10.4. The fourth-order valence-corrected chi connectivity index (χ4v) is 1.85. The van der Waals surface area contributed by atoms with E-state index in [1.165, 1.54) is 0 Å². The van der Waals surface area contributed by atoms with Crippen molar-refractivity contribution in [3.05, 3.63) is 6.33 Å². The number of ketones is 1. The van der Waals surface area contributed by atoms with E-state index in [0.717, 1.165) is 17.3 Å². The number of carbonyl (C=O) groups excluding carboxylic acids is 1. The van der Waals surface area contributed by atoms with Gasteiger partial charge in [-0.2, -0.15) is 5.10 Å². The maximum atomic E-state index is 11.0. The molecule has 78 valence electrons. The maximum absolute atomic E-state index is 11.0. The van der Waals surface area contributed by atoms with Crippen molar-refractivity contribution < 1.29 is 4.79 Å². The van der Waals surface area contributed by atoms with Crippen LogP contribution < -0.4 is 0 Å². The Morgan fingerprint density at radius 1 is 1.64 bits per heavy atom. The molecule has 1 aromatic rings. The van der Waals surface area contributed by atoms with E-state index in [1.807, 2.05) is 14.0 Å². The van der Waals surface area contributed by atoms with Crippen molar-refractivity contribution in [1.82, 2.24) is 14.8 Å². The van der Waals surface area contributed by atoms with Gasteiger partial charge in [0.15, 0.2) is 5.16 Å². The number of carbonyl (C=O) groups is 1. The highest BCUT2D eigenvalue weighted by atomic mass is 32.2. The third kappa shape index (κ3) is 3.49. The van der Waals surface area contributed by atoms with E-state index in [1.54, 1.807) is 22.8 Å². The molecule has 0 radical (unpaired) electrons. The molecule has 0 aliphatic heterocycles. The Bertz CT molecular complexity index is 298. The maximum Gasteiger partial charge on any atom is 0.185 e. The van der Waals surface area contributed by atoms with Crippen LogP contribution in [0.25, 0.3) is 0 Å². The number of nitrogens with zero attached hydrogens (tertiary/aromatic N) is 3. The summed E-state index contributed by atoms with van der Waals surface area (Å²) in [4.78, 5) is 15.1. The molecule has 0 atom stereocenters. The van der Waals surface area contributed by atoms with Crippen LogP contribution >= 0.6 is 11.8 Å². The Labute approximate surface area is 88.1 Å². The number of aromatic nitrogens is 3. The number of rotatable bonds is 6. The highest BCUT2D eigenvalue weighted by molar-refractivity contribution is 7.99. The third-order valence-electron chi connectivity index (χ3n) is 1.90. The normalized spacial score (nSPS) is 10.4. The van der Waals surface area contributed by atoms with Gasteiger partial charge in [0.25, 0.3) is 0 Å². The summed E-state index contributed by atoms with van der Waals surface area (Å²) in [6.07, 6.45) is 3.79. The van der Waals surface area contributed by atoms with Crippen molar-refractivity contribution in [2.45, 2.75) is 31.3 Å². The Balaban J connectivity index is 2.16. The molecular formula is C9H15N3OS. The first kappa shape index (κ1) is 11.2. The van der Waals surface area contributed by atoms with E-state index < -0.39 is 0 Å². The van der Waals surface area contributed by atoms with E-state index in [0.29, 0.717) is 18.6 Å². The second-order valence-electron chi connectivity index (χ2n) is 3.01. The smallest absolute Gasteiger partial charge is 0.185 e. The van der Waals surface area contributed by atoms with Crippen molar-refractivity contribution in [1.29, 1.82) is 0 Å². The summed E-state index contributed by atoms with van der Waals surface area (Å²) >= 11 is 1.64. The SMILES string of the molecule is CCC(=O)CCCSc1ncnn1C. The van der Waals surface area contributed by atoms with Gasteiger partial charge >= 0.3 is 0 Å². The van der Waals surface area contributed by atoms with Crippen LogP contribution in [0.2, 0.25) is 0 Å². The molecule has 1 rings (SSSR count). The third-order valence-corrected chi connectivity index (χ3v) is 3.02. The van der Waals surface area contributed by atoms with Crippen LogP contribution in [0.4, 0.5) is 0 Å². The first-order chi connectivity index (χ1) is 6.74. The molecule has 0 bridgehead atoms. The monoisotopic (exact) mass is 213 g/mol. The summed E-state index contributed by atoms with van der Waals surface area (Å²) in [5.74, 6) is 1.27. The predicted molar refractivity (Wildman–Crippen MR) is 56.3 cm³/mol. The van der Waals surface area contributed by atoms with Gasteiger partial charge in [-0.05, 0) is 6.42 Å². The molecule has 0 spiro atoms. The molecule has 0 aliphatic rings. The molecule has 14 heavy (non-hydrogen) atoms. The lowest BCUT2D eigenvalue weighted by Crippen LogP contribution is -1.97. The second kappa shape index (κ2) is 5.80. The van der Waals surface area contributed by atoms with Crippen LogP contribution in [-0.4, -0.2) is 26.3 Å². The van der Waals surface area contributed by atoms with Crippen LogP contribution in [0.1, 0.15) is 26.2 Å². The molecule has 4 nitrogen and oxygen atoms in total. The molecule has 0 saturated heterocycles. The molecular weight excluding hydrogens is 198 g/mol. The van der Waals surface area contributed by atoms with Crippen LogP contribution in [0.3, 0.4) is 0 Å². The van der Waals surface area contributed by atoms with E-state index in [2.05, 4.69) is 10.1 Å². The average Bonchev–Trinajstić information content (AvgIpc) is 2.58. The summed E-state index contributed by atoms with van der Waals surface area (Å²) in [5, 5.41) is 4.88. The number of aryl methyl sites for hydroxylation is 1. The lowest BCUT2D eigenvalue weighted by molar-refractivity contribution is -0.118. The van der Waals surface area contributed by atoms with Gasteiger partial charge in [0.1, 0.15) is 12.1 Å². The zero-order valence-corrected chi connectivity index (χ0v) is 9.38. The summed E-state index contributed by atoms with van der Waals surface area (Å²) in [7, 11) is 1.87. The minimum atomic E-state index is 0.337. The lowest BCUT2D eigenvalue weighted by Gasteiger charge is -1.99. The minimum absolute atomic E-state index is 0.337. The van der Waals surface area contributed by atoms with Crippen LogP contribution in [0, 0.1) is 0 Å². The molecule has 1 heterocycles. The molecule has 5 heteroatoms. The van der Waals surface area contributed by atoms with Crippen molar-refractivity contribution in [3.63, 3.8) is 0 Å². The number of Topliss-reactive ketones (excluding diaryl/α,β-unsaturated/α-hetero) is 1. The minimum Gasteiger partial charge on any atom is -0.300 e. The fourth-order valence-electron chi connectivity index (χ4n) is 1.03.